The molecule has 0 saturated carbocycles. The molecule has 3 saturated heterocycles. The predicted octanol–water partition coefficient (Wildman–Crippen LogP) is 5.88. The van der Waals surface area contributed by atoms with Crippen LogP contribution in [-0.2, 0) is 4.74 Å². The molecule has 0 unspecified atom stereocenters. The first kappa shape index (κ1) is 27.6. The molecule has 3 aliphatic heterocycles. The Morgan fingerprint density at radius 1 is 1.24 bits per heavy atom. The number of likely N-dealkylation sites (N-methyl/N-ethyl adjacent to an activating group) is 1. The van der Waals surface area contributed by atoms with Gasteiger partial charge in [-0.05, 0) is 89.0 Å². The Morgan fingerprint density at radius 3 is 2.63 bits per heavy atom. The highest BCUT2D eigenvalue weighted by molar-refractivity contribution is 9.10. The topological polar surface area (TPSA) is 71.0 Å². The Balaban J connectivity index is 1.43. The van der Waals surface area contributed by atoms with E-state index in [-0.39, 0.29) is 44.7 Å². The zero-order valence-corrected chi connectivity index (χ0v) is 25.0. The Bertz CT molecular complexity index is 1240. The van der Waals surface area contributed by atoms with Crippen molar-refractivity contribution < 1.29 is 18.7 Å². The summed E-state index contributed by atoms with van der Waals surface area (Å²) < 4.78 is 27.4. The maximum Gasteiger partial charge on any atom is 0.410 e. The van der Waals surface area contributed by atoms with E-state index in [1.165, 1.54) is 0 Å². The van der Waals surface area contributed by atoms with Crippen molar-refractivity contribution in [2.24, 2.45) is 5.41 Å². The number of anilines is 1. The van der Waals surface area contributed by atoms with Crippen LogP contribution in [-0.4, -0.2) is 83.4 Å². The van der Waals surface area contributed by atoms with Crippen molar-refractivity contribution in [2.75, 3.05) is 44.7 Å². The number of carbonyl (C=O) groups is 1. The van der Waals surface area contributed by atoms with E-state index in [0.29, 0.717) is 30.8 Å². The lowest BCUT2D eigenvalue weighted by molar-refractivity contribution is -0.0390. The second kappa shape index (κ2) is 10.2. The number of rotatable bonds is 4. The summed E-state index contributed by atoms with van der Waals surface area (Å²) in [5, 5.41) is 0.815. The Labute approximate surface area is 236 Å². The quantitative estimate of drug-likeness (QED) is 0.399. The van der Waals surface area contributed by atoms with Crippen LogP contribution in [0.3, 0.4) is 0 Å². The van der Waals surface area contributed by atoms with E-state index >= 15 is 4.39 Å². The van der Waals surface area contributed by atoms with Crippen molar-refractivity contribution in [3.8, 4) is 6.01 Å². The van der Waals surface area contributed by atoms with Crippen molar-refractivity contribution in [1.82, 2.24) is 19.8 Å². The first-order valence-corrected chi connectivity index (χ1v) is 14.5. The van der Waals surface area contributed by atoms with Crippen molar-refractivity contribution in [3.63, 3.8) is 0 Å². The summed E-state index contributed by atoms with van der Waals surface area (Å²) >= 11 is 9.63. The van der Waals surface area contributed by atoms with Gasteiger partial charge in [-0.15, -0.1) is 0 Å². The summed E-state index contributed by atoms with van der Waals surface area (Å²) in [7, 11) is 2.09. The van der Waals surface area contributed by atoms with Gasteiger partial charge in [-0.25, -0.2) is 9.18 Å². The second-order valence-electron chi connectivity index (χ2n) is 12.1. The molecule has 1 aromatic carbocycles. The molecule has 1 aromatic heterocycles. The molecule has 1 spiro atoms. The number of fused-ring (bicyclic) bond motifs is 1. The van der Waals surface area contributed by atoms with Crippen molar-refractivity contribution in [1.29, 1.82) is 0 Å². The van der Waals surface area contributed by atoms with Crippen LogP contribution < -0.4 is 9.64 Å². The fourth-order valence-electron chi connectivity index (χ4n) is 6.07. The van der Waals surface area contributed by atoms with Gasteiger partial charge in [0.05, 0.1) is 9.50 Å². The number of halogens is 3. The molecule has 4 heterocycles. The third kappa shape index (κ3) is 5.41. The summed E-state index contributed by atoms with van der Waals surface area (Å²) in [6.45, 7) is 11.4. The molecule has 3 aliphatic rings. The first-order valence-electron chi connectivity index (χ1n) is 13.3. The number of hydrogen-bond donors (Lipinski definition) is 0. The zero-order valence-electron chi connectivity index (χ0n) is 22.7. The highest BCUT2D eigenvalue weighted by Crippen LogP contribution is 2.43. The lowest BCUT2D eigenvalue weighted by Gasteiger charge is -2.54. The molecule has 8 nitrogen and oxygen atoms in total. The molecule has 208 valence electrons. The van der Waals surface area contributed by atoms with Gasteiger partial charge < -0.3 is 19.3 Å². The molecule has 2 atom stereocenters. The Kier molecular flexibility index (Phi) is 7.45. The molecule has 0 aliphatic carbocycles. The third-order valence-electron chi connectivity index (χ3n) is 7.86. The van der Waals surface area contributed by atoms with E-state index < -0.39 is 11.4 Å². The van der Waals surface area contributed by atoms with E-state index in [1.54, 1.807) is 11.0 Å². The van der Waals surface area contributed by atoms with Gasteiger partial charge in [0.15, 0.2) is 5.82 Å². The van der Waals surface area contributed by atoms with Gasteiger partial charge in [0.25, 0.3) is 0 Å². The van der Waals surface area contributed by atoms with Gasteiger partial charge in [0.2, 0.25) is 0 Å². The number of benzene rings is 1. The second-order valence-corrected chi connectivity index (χ2v) is 13.3. The summed E-state index contributed by atoms with van der Waals surface area (Å²) in [4.78, 5) is 28.1. The van der Waals surface area contributed by atoms with Crippen molar-refractivity contribution in [2.45, 2.75) is 71.1 Å². The summed E-state index contributed by atoms with van der Waals surface area (Å²) in [5.41, 5.74) is -0.418. The van der Waals surface area contributed by atoms with Gasteiger partial charge >= 0.3 is 12.1 Å². The summed E-state index contributed by atoms with van der Waals surface area (Å²) in [6.07, 6.45) is 3.66. The highest BCUT2D eigenvalue weighted by atomic mass is 79.9. The molecule has 2 aromatic rings. The van der Waals surface area contributed by atoms with Gasteiger partial charge in [0.1, 0.15) is 23.0 Å². The van der Waals surface area contributed by atoms with Crippen molar-refractivity contribution in [3.05, 3.63) is 21.4 Å². The maximum absolute atomic E-state index is 15.4. The number of piperidine rings is 1. The van der Waals surface area contributed by atoms with E-state index in [4.69, 9.17) is 26.1 Å². The van der Waals surface area contributed by atoms with E-state index in [0.717, 1.165) is 38.8 Å². The maximum atomic E-state index is 15.4. The van der Waals surface area contributed by atoms with E-state index in [9.17, 15) is 4.79 Å². The van der Waals surface area contributed by atoms with Crippen LogP contribution in [0.15, 0.2) is 10.5 Å². The molecule has 3 fully saturated rings. The predicted molar refractivity (Wildman–Crippen MR) is 150 cm³/mol. The lowest BCUT2D eigenvalue weighted by Crippen LogP contribution is -2.64. The monoisotopic (exact) mass is 611 g/mol. The third-order valence-corrected chi connectivity index (χ3v) is 9.16. The number of nitrogens with zero attached hydrogens (tertiary/aromatic N) is 5. The van der Waals surface area contributed by atoms with Crippen LogP contribution in [0.5, 0.6) is 6.01 Å². The lowest BCUT2D eigenvalue weighted by atomic mass is 9.73. The molecule has 1 amide bonds. The number of ether oxygens (including phenoxy) is 2. The zero-order chi connectivity index (χ0) is 27.4. The smallest absolute Gasteiger partial charge is 0.410 e. The minimum absolute atomic E-state index is 0.0645. The van der Waals surface area contributed by atoms with Crippen LogP contribution in [0.1, 0.15) is 53.4 Å². The number of amides is 1. The van der Waals surface area contributed by atoms with Gasteiger partial charge in [-0.3, -0.25) is 4.90 Å². The Morgan fingerprint density at radius 2 is 1.97 bits per heavy atom. The average molecular weight is 613 g/mol. The van der Waals surface area contributed by atoms with Gasteiger partial charge in [-0.2, -0.15) is 9.97 Å². The molecule has 0 bridgehead atoms. The normalized spacial score (nSPS) is 22.6. The number of hydrogen-bond acceptors (Lipinski definition) is 7. The van der Waals surface area contributed by atoms with Crippen molar-refractivity contribution >= 4 is 50.3 Å². The van der Waals surface area contributed by atoms with Crippen LogP contribution in [0, 0.1) is 11.2 Å². The molecule has 0 N–H and O–H groups in total. The van der Waals surface area contributed by atoms with E-state index in [2.05, 4.69) is 37.8 Å². The average Bonchev–Trinajstić information content (AvgIpc) is 3.26. The fourth-order valence-corrected chi connectivity index (χ4v) is 6.56. The molecule has 38 heavy (non-hydrogen) atoms. The summed E-state index contributed by atoms with van der Waals surface area (Å²) in [5.74, 6) is 0.0816. The van der Waals surface area contributed by atoms with E-state index in [1.807, 2.05) is 27.7 Å². The standard InChI is InChI=1S/C27H36BrClFN5O3/c1-16(19-8-6-10-33(19)5)37-24-31-22-17(12-18(29)20(28)21(22)30)23(32-24)34-11-7-9-27(13-34)14-35(15-27)25(36)38-26(2,3)4/h12,16,19H,6-11,13-15H2,1-5H3/t16-,19-/m0/s1. The number of aromatic nitrogens is 2. The van der Waals surface area contributed by atoms with Gasteiger partial charge in [0, 0.05) is 43.0 Å². The molecular weight excluding hydrogens is 577 g/mol. The SMILES string of the molecule is C[C@H](Oc1nc(N2CCCC3(CN(C(=O)OC(C)(C)C)C3)C2)c2cc(Cl)c(Br)c(F)c2n1)[C@@H]1CCCN1C. The van der Waals surface area contributed by atoms with Crippen LogP contribution in [0.2, 0.25) is 5.02 Å². The number of likely N-dealkylation sites (tertiary alicyclic amines) is 2. The largest absolute Gasteiger partial charge is 0.459 e. The number of carbonyl (C=O) groups excluding carboxylic acids is 1. The van der Waals surface area contributed by atoms with Crippen LogP contribution >= 0.6 is 27.5 Å². The van der Waals surface area contributed by atoms with Crippen LogP contribution in [0.25, 0.3) is 10.9 Å². The minimum atomic E-state index is -0.531. The molecular formula is C27H36BrClFN5O3. The summed E-state index contributed by atoms with van der Waals surface area (Å²) in [6, 6.07) is 2.13. The molecule has 0 radical (unpaired) electrons. The minimum Gasteiger partial charge on any atom is -0.459 e. The van der Waals surface area contributed by atoms with Gasteiger partial charge in [-0.1, -0.05) is 11.6 Å². The molecule has 5 rings (SSSR count). The fraction of sp³-hybridized carbons (Fsp3) is 0.667. The Hall–Kier alpha value is -1.91. The molecule has 11 heteroatoms. The van der Waals surface area contributed by atoms with Crippen LogP contribution in [0.4, 0.5) is 15.0 Å². The first-order chi connectivity index (χ1) is 17.9. The highest BCUT2D eigenvalue weighted by Gasteiger charge is 2.49.